The summed E-state index contributed by atoms with van der Waals surface area (Å²) in [4.78, 5) is 11.4. The van der Waals surface area contributed by atoms with Crippen LogP contribution in [0.2, 0.25) is 0 Å². The lowest BCUT2D eigenvalue weighted by Crippen LogP contribution is -2.17. The van der Waals surface area contributed by atoms with Crippen LogP contribution in [0.4, 0.5) is 0 Å². The molecule has 6 heteroatoms. The second-order valence-electron chi connectivity index (χ2n) is 4.77. The third-order valence-corrected chi connectivity index (χ3v) is 3.80. The number of benzene rings is 2. The van der Waals surface area contributed by atoms with Gasteiger partial charge in [-0.1, -0.05) is 43.0 Å². The standard InChI is InChI=1S/C16H16O5S/c1-2-12-5-3-7-15-14(12)6-4-8-16(15)21-10-9-13(17)11-22(18,19)20/h2-8H,1,9-11H2,(H,18,19,20). The number of ketones is 1. The minimum Gasteiger partial charge on any atom is -0.492 e. The largest absolute Gasteiger partial charge is 0.492 e. The number of hydrogen-bond acceptors (Lipinski definition) is 4. The monoisotopic (exact) mass is 320 g/mol. The number of carbonyl (C=O) groups excluding carboxylic acids is 1. The summed E-state index contributed by atoms with van der Waals surface area (Å²) in [5, 5.41) is 1.88. The number of rotatable bonds is 7. The second kappa shape index (κ2) is 6.72. The average Bonchev–Trinajstić information content (AvgIpc) is 2.45. The fourth-order valence-electron chi connectivity index (χ4n) is 2.16. The molecule has 22 heavy (non-hydrogen) atoms. The van der Waals surface area contributed by atoms with Crippen molar-refractivity contribution >= 4 is 32.7 Å². The van der Waals surface area contributed by atoms with E-state index in [1.54, 1.807) is 12.1 Å². The van der Waals surface area contributed by atoms with E-state index in [9.17, 15) is 13.2 Å². The molecule has 0 aliphatic rings. The average molecular weight is 320 g/mol. The quantitative estimate of drug-likeness (QED) is 0.793. The maximum atomic E-state index is 11.4. The minimum absolute atomic E-state index is 0.0474. The van der Waals surface area contributed by atoms with E-state index < -0.39 is 21.7 Å². The van der Waals surface area contributed by atoms with Crippen molar-refractivity contribution in [3.8, 4) is 5.75 Å². The van der Waals surface area contributed by atoms with Crippen molar-refractivity contribution in [1.29, 1.82) is 0 Å². The van der Waals surface area contributed by atoms with Crippen LogP contribution in [0.15, 0.2) is 43.0 Å². The van der Waals surface area contributed by atoms with Gasteiger partial charge in [-0.3, -0.25) is 9.35 Å². The van der Waals surface area contributed by atoms with Crippen molar-refractivity contribution in [3.63, 3.8) is 0 Å². The molecule has 0 spiro atoms. The molecule has 2 aromatic rings. The maximum absolute atomic E-state index is 11.4. The molecule has 0 fully saturated rings. The first-order chi connectivity index (χ1) is 10.4. The van der Waals surface area contributed by atoms with Crippen LogP contribution in [-0.4, -0.2) is 31.1 Å². The number of carbonyl (C=O) groups is 1. The summed E-state index contributed by atoms with van der Waals surface area (Å²) >= 11 is 0. The molecule has 0 heterocycles. The Hall–Kier alpha value is -2.18. The lowest BCUT2D eigenvalue weighted by atomic mass is 10.0. The van der Waals surface area contributed by atoms with E-state index in [1.807, 2.05) is 30.3 Å². The molecule has 0 amide bonds. The van der Waals surface area contributed by atoms with Gasteiger partial charge in [0, 0.05) is 11.8 Å². The van der Waals surface area contributed by atoms with Crippen LogP contribution in [-0.2, 0) is 14.9 Å². The predicted molar refractivity (Wildman–Crippen MR) is 85.6 cm³/mol. The van der Waals surface area contributed by atoms with Crippen molar-refractivity contribution in [2.45, 2.75) is 6.42 Å². The van der Waals surface area contributed by atoms with E-state index in [0.717, 1.165) is 16.3 Å². The smallest absolute Gasteiger partial charge is 0.272 e. The summed E-state index contributed by atoms with van der Waals surface area (Å²) < 4.78 is 35.4. The Morgan fingerprint density at radius 2 is 1.86 bits per heavy atom. The Kier molecular flexibility index (Phi) is 4.95. The maximum Gasteiger partial charge on any atom is 0.272 e. The molecule has 2 rings (SSSR count). The molecule has 0 unspecified atom stereocenters. The van der Waals surface area contributed by atoms with E-state index in [1.165, 1.54) is 0 Å². The van der Waals surface area contributed by atoms with Gasteiger partial charge in [0.05, 0.1) is 6.61 Å². The molecule has 0 saturated heterocycles. The topological polar surface area (TPSA) is 80.7 Å². The SMILES string of the molecule is C=Cc1cccc2c(OCCC(=O)CS(=O)(=O)O)cccc12. The first-order valence-electron chi connectivity index (χ1n) is 6.64. The Labute approximate surface area is 129 Å². The van der Waals surface area contributed by atoms with Crippen LogP contribution in [0, 0.1) is 0 Å². The summed E-state index contributed by atoms with van der Waals surface area (Å²) in [6.45, 7) is 3.81. The van der Waals surface area contributed by atoms with Crippen molar-refractivity contribution in [2.24, 2.45) is 0 Å². The first kappa shape index (κ1) is 16.2. The fourth-order valence-corrected chi connectivity index (χ4v) is 2.71. The van der Waals surface area contributed by atoms with Crippen LogP contribution in [0.5, 0.6) is 5.75 Å². The molecule has 0 atom stereocenters. The highest BCUT2D eigenvalue weighted by Crippen LogP contribution is 2.28. The molecule has 1 N–H and O–H groups in total. The van der Waals surface area contributed by atoms with Crippen LogP contribution in [0.25, 0.3) is 16.8 Å². The van der Waals surface area contributed by atoms with Crippen molar-refractivity contribution in [2.75, 3.05) is 12.4 Å². The fraction of sp³-hybridized carbons (Fsp3) is 0.188. The Balaban J connectivity index is 2.10. The van der Waals surface area contributed by atoms with Gasteiger partial charge in [-0.05, 0) is 17.0 Å². The summed E-state index contributed by atoms with van der Waals surface area (Å²) in [5.41, 5.74) is 0.977. The van der Waals surface area contributed by atoms with Crippen molar-refractivity contribution < 1.29 is 22.5 Å². The van der Waals surface area contributed by atoms with Crippen LogP contribution in [0.1, 0.15) is 12.0 Å². The summed E-state index contributed by atoms with van der Waals surface area (Å²) in [5.74, 6) is -0.859. The van der Waals surface area contributed by atoms with Gasteiger partial charge in [-0.15, -0.1) is 0 Å². The molecule has 0 radical (unpaired) electrons. The van der Waals surface area contributed by atoms with Gasteiger partial charge >= 0.3 is 0 Å². The van der Waals surface area contributed by atoms with Gasteiger partial charge in [-0.2, -0.15) is 8.42 Å². The third-order valence-electron chi connectivity index (χ3n) is 3.12. The van der Waals surface area contributed by atoms with Gasteiger partial charge in [0.2, 0.25) is 0 Å². The van der Waals surface area contributed by atoms with Gasteiger partial charge in [0.15, 0.2) is 5.78 Å². The summed E-state index contributed by atoms with van der Waals surface area (Å²) in [7, 11) is -4.28. The highest BCUT2D eigenvalue weighted by atomic mass is 32.2. The zero-order valence-electron chi connectivity index (χ0n) is 11.9. The van der Waals surface area contributed by atoms with E-state index in [0.29, 0.717) is 5.75 Å². The number of ether oxygens (including phenoxy) is 1. The van der Waals surface area contributed by atoms with Gasteiger partial charge in [-0.25, -0.2) is 0 Å². The summed E-state index contributed by atoms with van der Waals surface area (Å²) in [6, 6.07) is 11.3. The van der Waals surface area contributed by atoms with Gasteiger partial charge < -0.3 is 4.74 Å². The molecule has 0 bridgehead atoms. The normalized spacial score (nSPS) is 11.3. The molecular weight excluding hydrogens is 304 g/mol. The molecule has 116 valence electrons. The number of fused-ring (bicyclic) bond motifs is 1. The highest BCUT2D eigenvalue weighted by Gasteiger charge is 2.13. The van der Waals surface area contributed by atoms with Crippen molar-refractivity contribution in [1.82, 2.24) is 0 Å². The van der Waals surface area contributed by atoms with Gasteiger partial charge in [0.1, 0.15) is 11.5 Å². The highest BCUT2D eigenvalue weighted by molar-refractivity contribution is 7.86. The zero-order chi connectivity index (χ0) is 16.2. The predicted octanol–water partition coefficient (Wildman–Crippen LogP) is 2.71. The van der Waals surface area contributed by atoms with E-state index in [-0.39, 0.29) is 13.0 Å². The molecule has 0 aliphatic carbocycles. The molecule has 2 aromatic carbocycles. The molecule has 0 aromatic heterocycles. The molecule has 0 aliphatic heterocycles. The van der Waals surface area contributed by atoms with E-state index >= 15 is 0 Å². The number of hydrogen-bond donors (Lipinski definition) is 1. The molecule has 0 saturated carbocycles. The number of Topliss-reactive ketones (excluding diaryl/α,β-unsaturated/α-hetero) is 1. The lowest BCUT2D eigenvalue weighted by Gasteiger charge is -2.10. The minimum atomic E-state index is -4.28. The van der Waals surface area contributed by atoms with Crippen LogP contribution in [0.3, 0.4) is 0 Å². The lowest BCUT2D eigenvalue weighted by molar-refractivity contribution is -0.117. The Morgan fingerprint density at radius 3 is 2.55 bits per heavy atom. The summed E-state index contributed by atoms with van der Waals surface area (Å²) in [6.07, 6.45) is 1.67. The molecular formula is C16H16O5S. The Morgan fingerprint density at radius 1 is 1.18 bits per heavy atom. The van der Waals surface area contributed by atoms with Gasteiger partial charge in [0.25, 0.3) is 10.1 Å². The van der Waals surface area contributed by atoms with Crippen molar-refractivity contribution in [3.05, 3.63) is 48.5 Å². The first-order valence-corrected chi connectivity index (χ1v) is 8.25. The van der Waals surface area contributed by atoms with Crippen LogP contribution >= 0.6 is 0 Å². The van der Waals surface area contributed by atoms with Crippen LogP contribution < -0.4 is 4.74 Å². The third kappa shape index (κ3) is 4.16. The van der Waals surface area contributed by atoms with E-state index in [2.05, 4.69) is 6.58 Å². The molecule has 5 nitrogen and oxygen atoms in total. The Bertz CT molecular complexity index is 808. The zero-order valence-corrected chi connectivity index (χ0v) is 12.7. The second-order valence-corrected chi connectivity index (χ2v) is 6.22. The van der Waals surface area contributed by atoms with E-state index in [4.69, 9.17) is 9.29 Å².